The van der Waals surface area contributed by atoms with E-state index in [0.29, 0.717) is 66.7 Å². The Labute approximate surface area is 200 Å². The molecule has 7 nitrogen and oxygen atoms in total. The summed E-state index contributed by atoms with van der Waals surface area (Å²) in [5.74, 6) is 2.01. The second-order valence-electron chi connectivity index (χ2n) is 7.93. The summed E-state index contributed by atoms with van der Waals surface area (Å²) in [6.45, 7) is 3.57. The van der Waals surface area contributed by atoms with Gasteiger partial charge in [-0.1, -0.05) is 17.7 Å². The highest BCUT2D eigenvalue weighted by Crippen LogP contribution is 2.40. The largest absolute Gasteiger partial charge is 0.493 e. The van der Waals surface area contributed by atoms with Crippen molar-refractivity contribution in [2.24, 2.45) is 0 Å². The molecule has 0 spiro atoms. The summed E-state index contributed by atoms with van der Waals surface area (Å²) in [7, 11) is 4.81. The number of halogens is 1. The van der Waals surface area contributed by atoms with E-state index in [1.54, 1.807) is 45.6 Å². The van der Waals surface area contributed by atoms with E-state index < -0.39 is 0 Å². The molecule has 3 rings (SSSR count). The van der Waals surface area contributed by atoms with Gasteiger partial charge in [0.1, 0.15) is 0 Å². The van der Waals surface area contributed by atoms with Crippen LogP contribution in [0, 0.1) is 0 Å². The highest BCUT2D eigenvalue weighted by Gasteiger charge is 2.23. The van der Waals surface area contributed by atoms with Gasteiger partial charge in [-0.3, -0.25) is 14.5 Å². The van der Waals surface area contributed by atoms with Gasteiger partial charge in [-0.05, 0) is 36.8 Å². The average molecular weight is 475 g/mol. The first-order chi connectivity index (χ1) is 16.0. The highest BCUT2D eigenvalue weighted by molar-refractivity contribution is 6.30. The van der Waals surface area contributed by atoms with Gasteiger partial charge in [0.25, 0.3) is 0 Å². The van der Waals surface area contributed by atoms with Gasteiger partial charge in [0.15, 0.2) is 17.3 Å². The fraction of sp³-hybridized carbons (Fsp3) is 0.440. The number of Topliss-reactive ketones (excluding diaryl/α,β-unsaturated/α-hetero) is 1. The number of hydrogen-bond acceptors (Lipinski definition) is 6. The zero-order chi connectivity index (χ0) is 23.8. The molecule has 1 saturated heterocycles. The van der Waals surface area contributed by atoms with Crippen LogP contribution in [-0.4, -0.2) is 69.0 Å². The van der Waals surface area contributed by atoms with Gasteiger partial charge in [-0.2, -0.15) is 0 Å². The van der Waals surface area contributed by atoms with Crippen LogP contribution in [0.5, 0.6) is 17.2 Å². The molecule has 0 unspecified atom stereocenters. The lowest BCUT2D eigenvalue weighted by Crippen LogP contribution is -2.48. The number of rotatable bonds is 10. The van der Waals surface area contributed by atoms with E-state index in [2.05, 4.69) is 4.90 Å². The Morgan fingerprint density at radius 2 is 1.52 bits per heavy atom. The van der Waals surface area contributed by atoms with Gasteiger partial charge >= 0.3 is 0 Å². The predicted molar refractivity (Wildman–Crippen MR) is 128 cm³/mol. The van der Waals surface area contributed by atoms with Crippen LogP contribution in [0.25, 0.3) is 0 Å². The molecule has 0 aromatic heterocycles. The van der Waals surface area contributed by atoms with Crippen molar-refractivity contribution < 1.29 is 23.8 Å². The Kier molecular flexibility index (Phi) is 8.97. The fourth-order valence-electron chi connectivity index (χ4n) is 4.02. The van der Waals surface area contributed by atoms with Crippen molar-refractivity contribution in [1.82, 2.24) is 9.80 Å². The lowest BCUT2D eigenvalue weighted by molar-refractivity contribution is -0.133. The molecule has 1 heterocycles. The Morgan fingerprint density at radius 1 is 0.848 bits per heavy atom. The van der Waals surface area contributed by atoms with Crippen molar-refractivity contribution in [1.29, 1.82) is 0 Å². The number of hydrogen-bond donors (Lipinski definition) is 0. The smallest absolute Gasteiger partial charge is 0.222 e. The number of ketones is 1. The molecule has 1 fully saturated rings. The number of ether oxygens (including phenoxy) is 3. The number of benzene rings is 2. The average Bonchev–Trinajstić information content (AvgIpc) is 2.84. The van der Waals surface area contributed by atoms with E-state index in [0.717, 1.165) is 18.7 Å². The van der Waals surface area contributed by atoms with Crippen molar-refractivity contribution >= 4 is 23.3 Å². The number of piperazine rings is 1. The first-order valence-electron chi connectivity index (χ1n) is 11.0. The van der Waals surface area contributed by atoms with Crippen molar-refractivity contribution in [3.63, 3.8) is 0 Å². The first kappa shape index (κ1) is 24.9. The minimum Gasteiger partial charge on any atom is -0.493 e. The minimum absolute atomic E-state index is 0.0353. The van der Waals surface area contributed by atoms with Gasteiger partial charge in [-0.15, -0.1) is 0 Å². The van der Waals surface area contributed by atoms with Crippen molar-refractivity contribution in [3.8, 4) is 17.2 Å². The maximum absolute atomic E-state index is 12.6. The summed E-state index contributed by atoms with van der Waals surface area (Å²) in [6, 6.07) is 10.7. The summed E-state index contributed by atoms with van der Waals surface area (Å²) < 4.78 is 16.4. The molecule has 0 bridgehead atoms. The van der Waals surface area contributed by atoms with E-state index in [4.69, 9.17) is 25.8 Å². The zero-order valence-corrected chi connectivity index (χ0v) is 20.2. The lowest BCUT2D eigenvalue weighted by Gasteiger charge is -2.35. The highest BCUT2D eigenvalue weighted by atomic mass is 35.5. The normalized spacial score (nSPS) is 14.1. The molecule has 2 aromatic carbocycles. The Morgan fingerprint density at radius 3 is 2.12 bits per heavy atom. The third kappa shape index (κ3) is 6.39. The Hall–Kier alpha value is -2.77. The van der Waals surface area contributed by atoms with Crippen LogP contribution in [0.15, 0.2) is 36.4 Å². The summed E-state index contributed by atoms with van der Waals surface area (Å²) >= 11 is 5.86. The van der Waals surface area contributed by atoms with E-state index in [-0.39, 0.29) is 11.7 Å². The molecule has 0 N–H and O–H groups in total. The SMILES string of the molecule is COc1ccc(CN2CCN(C(=O)CCCC(=O)c3ccc(Cl)cc3)CC2)c(OC)c1OC. The van der Waals surface area contributed by atoms with Crippen molar-refractivity contribution in [2.45, 2.75) is 25.8 Å². The number of carbonyl (C=O) groups excluding carboxylic acids is 2. The van der Waals surface area contributed by atoms with Crippen LogP contribution in [0.2, 0.25) is 5.02 Å². The van der Waals surface area contributed by atoms with Gasteiger partial charge < -0.3 is 19.1 Å². The van der Waals surface area contributed by atoms with Gasteiger partial charge in [0.05, 0.1) is 21.3 Å². The maximum atomic E-state index is 12.6. The third-order valence-corrected chi connectivity index (χ3v) is 6.12. The van der Waals surface area contributed by atoms with Crippen LogP contribution in [0.4, 0.5) is 0 Å². The van der Waals surface area contributed by atoms with Gasteiger partial charge in [0, 0.05) is 61.7 Å². The molecule has 8 heteroatoms. The van der Waals surface area contributed by atoms with Crippen LogP contribution in [0.1, 0.15) is 35.2 Å². The zero-order valence-electron chi connectivity index (χ0n) is 19.4. The van der Waals surface area contributed by atoms with E-state index in [9.17, 15) is 9.59 Å². The minimum atomic E-state index is 0.0353. The van der Waals surface area contributed by atoms with Crippen LogP contribution in [-0.2, 0) is 11.3 Å². The van der Waals surface area contributed by atoms with Gasteiger partial charge in [-0.25, -0.2) is 0 Å². The molecule has 0 saturated carbocycles. The number of methoxy groups -OCH3 is 3. The summed E-state index contributed by atoms with van der Waals surface area (Å²) in [4.78, 5) is 29.0. The molecule has 33 heavy (non-hydrogen) atoms. The van der Waals surface area contributed by atoms with Crippen molar-refractivity contribution in [3.05, 3.63) is 52.5 Å². The van der Waals surface area contributed by atoms with Crippen LogP contribution < -0.4 is 14.2 Å². The number of amides is 1. The summed E-state index contributed by atoms with van der Waals surface area (Å²) in [5.41, 5.74) is 1.64. The van der Waals surface area contributed by atoms with E-state index in [1.807, 2.05) is 17.0 Å². The maximum Gasteiger partial charge on any atom is 0.222 e. The molecular formula is C25H31ClN2O5. The molecule has 0 aliphatic carbocycles. The molecule has 0 radical (unpaired) electrons. The second kappa shape index (κ2) is 11.9. The van der Waals surface area contributed by atoms with E-state index >= 15 is 0 Å². The molecular weight excluding hydrogens is 444 g/mol. The summed E-state index contributed by atoms with van der Waals surface area (Å²) in [6.07, 6.45) is 1.28. The molecule has 1 aliphatic rings. The lowest BCUT2D eigenvalue weighted by atomic mass is 10.1. The Balaban J connectivity index is 1.46. The third-order valence-electron chi connectivity index (χ3n) is 5.87. The van der Waals surface area contributed by atoms with Crippen molar-refractivity contribution in [2.75, 3.05) is 47.5 Å². The molecule has 0 atom stereocenters. The monoisotopic (exact) mass is 474 g/mol. The van der Waals surface area contributed by atoms with Gasteiger partial charge in [0.2, 0.25) is 11.7 Å². The molecule has 1 amide bonds. The standard InChI is InChI=1S/C25H31ClN2O5/c1-31-22-12-9-19(24(32-2)25(22)33-3)17-27-13-15-28(16-14-27)23(30)6-4-5-21(29)18-7-10-20(26)11-8-18/h7-12H,4-6,13-17H2,1-3H3. The second-order valence-corrected chi connectivity index (χ2v) is 8.37. The fourth-order valence-corrected chi connectivity index (χ4v) is 4.15. The first-order valence-corrected chi connectivity index (χ1v) is 11.4. The number of carbonyl (C=O) groups is 2. The molecule has 2 aromatic rings. The molecule has 178 valence electrons. The predicted octanol–water partition coefficient (Wildman–Crippen LogP) is 4.06. The summed E-state index contributed by atoms with van der Waals surface area (Å²) in [5, 5.41) is 0.602. The quantitative estimate of drug-likeness (QED) is 0.484. The van der Waals surface area contributed by atoms with E-state index in [1.165, 1.54) is 0 Å². The Bertz CT molecular complexity index is 956. The molecule has 1 aliphatic heterocycles. The topological polar surface area (TPSA) is 68.3 Å². The number of nitrogens with zero attached hydrogens (tertiary/aromatic N) is 2. The van der Waals surface area contributed by atoms with Crippen LogP contribution >= 0.6 is 11.6 Å². The van der Waals surface area contributed by atoms with Crippen LogP contribution in [0.3, 0.4) is 0 Å².